The van der Waals surface area contributed by atoms with E-state index in [0.717, 1.165) is 45.8 Å². The highest BCUT2D eigenvalue weighted by Crippen LogP contribution is 2.12. The van der Waals surface area contributed by atoms with Crippen molar-refractivity contribution in [3.63, 3.8) is 0 Å². The lowest BCUT2D eigenvalue weighted by atomic mass is 10.2. The maximum atomic E-state index is 9.59. The number of aromatic hydroxyl groups is 1. The number of quaternary nitrogens is 1. The zero-order valence-corrected chi connectivity index (χ0v) is 13.4. The van der Waals surface area contributed by atoms with Crippen LogP contribution in [0.5, 0.6) is 5.75 Å². The molecule has 0 aromatic heterocycles. The molecule has 4 N–H and O–H groups in total. The molecular formula is C15H23N4O2S+. The average molecular weight is 323 g/mol. The van der Waals surface area contributed by atoms with Gasteiger partial charge in [0.05, 0.1) is 26.0 Å². The van der Waals surface area contributed by atoms with Crippen LogP contribution in [0.25, 0.3) is 0 Å². The zero-order valence-electron chi connectivity index (χ0n) is 12.5. The Bertz CT molecular complexity index is 504. The summed E-state index contributed by atoms with van der Waals surface area (Å²) in [4.78, 5) is 1.59. The van der Waals surface area contributed by atoms with Crippen molar-refractivity contribution < 1.29 is 14.7 Å². The molecule has 1 aliphatic rings. The van der Waals surface area contributed by atoms with Gasteiger partial charge in [0, 0.05) is 18.5 Å². The average Bonchev–Trinajstić information content (AvgIpc) is 2.54. The van der Waals surface area contributed by atoms with Crippen LogP contribution >= 0.6 is 12.2 Å². The molecule has 1 saturated heterocycles. The van der Waals surface area contributed by atoms with Crippen LogP contribution in [-0.4, -0.2) is 55.8 Å². The molecule has 1 fully saturated rings. The quantitative estimate of drug-likeness (QED) is 0.246. The molecule has 0 saturated carbocycles. The van der Waals surface area contributed by atoms with Gasteiger partial charge in [0.25, 0.3) is 0 Å². The molecule has 22 heavy (non-hydrogen) atoms. The van der Waals surface area contributed by atoms with Gasteiger partial charge in [-0.05, 0) is 24.4 Å². The maximum Gasteiger partial charge on any atom is 0.186 e. The highest BCUT2D eigenvalue weighted by Gasteiger charge is 2.12. The van der Waals surface area contributed by atoms with Crippen LogP contribution < -0.4 is 15.6 Å². The minimum absolute atomic E-state index is 0.195. The van der Waals surface area contributed by atoms with Crippen LogP contribution in [-0.2, 0) is 4.74 Å². The largest absolute Gasteiger partial charge is 0.507 e. The zero-order chi connectivity index (χ0) is 15.6. The third kappa shape index (κ3) is 5.97. The number of ether oxygens (including phenoxy) is 1. The van der Waals surface area contributed by atoms with E-state index in [-0.39, 0.29) is 5.75 Å². The van der Waals surface area contributed by atoms with E-state index >= 15 is 0 Å². The first-order valence-corrected chi connectivity index (χ1v) is 7.93. The Balaban J connectivity index is 1.58. The second kappa shape index (κ2) is 9.34. The molecule has 2 rings (SSSR count). The number of para-hydroxylation sites is 1. The molecule has 0 unspecified atom stereocenters. The molecule has 1 aromatic rings. The van der Waals surface area contributed by atoms with Crippen molar-refractivity contribution in [1.82, 2.24) is 10.7 Å². The molecule has 0 spiro atoms. The van der Waals surface area contributed by atoms with Crippen LogP contribution in [0.1, 0.15) is 12.0 Å². The van der Waals surface area contributed by atoms with Gasteiger partial charge < -0.3 is 20.1 Å². The van der Waals surface area contributed by atoms with Crippen LogP contribution in [0.2, 0.25) is 0 Å². The Morgan fingerprint density at radius 1 is 1.36 bits per heavy atom. The van der Waals surface area contributed by atoms with Gasteiger partial charge in [-0.2, -0.15) is 5.10 Å². The summed E-state index contributed by atoms with van der Waals surface area (Å²) in [5.41, 5.74) is 3.40. The predicted molar refractivity (Wildman–Crippen MR) is 90.4 cm³/mol. The number of rotatable bonds is 6. The first kappa shape index (κ1) is 16.7. The lowest BCUT2D eigenvalue weighted by Gasteiger charge is -2.23. The number of hydrogen-bond donors (Lipinski definition) is 4. The first-order chi connectivity index (χ1) is 10.8. The number of nitrogens with zero attached hydrogens (tertiary/aromatic N) is 1. The Kier molecular flexibility index (Phi) is 7.08. The molecule has 0 amide bonds. The third-order valence-electron chi connectivity index (χ3n) is 3.50. The number of benzene rings is 1. The van der Waals surface area contributed by atoms with Crippen LogP contribution in [0.4, 0.5) is 0 Å². The van der Waals surface area contributed by atoms with Gasteiger partial charge in [0.2, 0.25) is 0 Å². The van der Waals surface area contributed by atoms with Crippen molar-refractivity contribution in [2.75, 3.05) is 39.4 Å². The molecule has 0 atom stereocenters. The van der Waals surface area contributed by atoms with E-state index in [2.05, 4.69) is 15.8 Å². The number of hydrogen-bond acceptors (Lipinski definition) is 4. The molecule has 0 radical (unpaired) electrons. The van der Waals surface area contributed by atoms with Gasteiger partial charge in [-0.15, -0.1) is 0 Å². The Morgan fingerprint density at radius 3 is 2.91 bits per heavy atom. The van der Waals surface area contributed by atoms with Crippen molar-refractivity contribution in [2.45, 2.75) is 6.42 Å². The van der Waals surface area contributed by atoms with Crippen molar-refractivity contribution in [3.05, 3.63) is 29.8 Å². The molecule has 1 aliphatic heterocycles. The van der Waals surface area contributed by atoms with Gasteiger partial charge >= 0.3 is 0 Å². The summed E-state index contributed by atoms with van der Waals surface area (Å²) in [6, 6.07) is 7.00. The minimum Gasteiger partial charge on any atom is -0.507 e. The predicted octanol–water partition coefficient (Wildman–Crippen LogP) is -0.505. The summed E-state index contributed by atoms with van der Waals surface area (Å²) >= 11 is 5.15. The van der Waals surface area contributed by atoms with Crippen molar-refractivity contribution >= 4 is 23.5 Å². The second-order valence-electron chi connectivity index (χ2n) is 5.15. The lowest BCUT2D eigenvalue weighted by Crippen LogP contribution is -3.14. The van der Waals surface area contributed by atoms with E-state index in [1.54, 1.807) is 29.3 Å². The Morgan fingerprint density at radius 2 is 2.14 bits per heavy atom. The second-order valence-corrected chi connectivity index (χ2v) is 5.56. The number of phenolic OH excluding ortho intramolecular Hbond substituents is 1. The monoisotopic (exact) mass is 323 g/mol. The van der Waals surface area contributed by atoms with E-state index in [1.807, 2.05) is 6.07 Å². The van der Waals surface area contributed by atoms with Gasteiger partial charge in [0.1, 0.15) is 18.8 Å². The summed E-state index contributed by atoms with van der Waals surface area (Å²) in [5, 5.41) is 17.2. The highest BCUT2D eigenvalue weighted by molar-refractivity contribution is 7.80. The third-order valence-corrected chi connectivity index (χ3v) is 3.73. The lowest BCUT2D eigenvalue weighted by molar-refractivity contribution is -0.908. The molecule has 1 heterocycles. The van der Waals surface area contributed by atoms with Gasteiger partial charge in [-0.1, -0.05) is 12.1 Å². The molecule has 1 aromatic carbocycles. The fourth-order valence-electron chi connectivity index (χ4n) is 2.25. The number of nitrogens with one attached hydrogen (secondary N) is 3. The van der Waals surface area contributed by atoms with E-state index < -0.39 is 0 Å². The molecule has 6 nitrogen and oxygen atoms in total. The number of thiocarbonyl (C=S) groups is 1. The number of phenols is 1. The van der Waals surface area contributed by atoms with Crippen LogP contribution in [0.15, 0.2) is 29.4 Å². The normalized spacial score (nSPS) is 15.8. The number of hydrazone groups is 1. The van der Waals surface area contributed by atoms with E-state index in [4.69, 9.17) is 17.0 Å². The molecular weight excluding hydrogens is 300 g/mol. The molecule has 120 valence electrons. The smallest absolute Gasteiger partial charge is 0.186 e. The molecule has 0 bridgehead atoms. The highest BCUT2D eigenvalue weighted by atomic mass is 32.1. The summed E-state index contributed by atoms with van der Waals surface area (Å²) in [7, 11) is 0. The minimum atomic E-state index is 0.195. The van der Waals surface area contributed by atoms with E-state index in [1.165, 1.54) is 0 Å². The number of morpholine rings is 1. The van der Waals surface area contributed by atoms with Gasteiger partial charge in [-0.25, -0.2) is 0 Å². The van der Waals surface area contributed by atoms with Gasteiger partial charge in [-0.3, -0.25) is 5.43 Å². The summed E-state index contributed by atoms with van der Waals surface area (Å²) in [5.74, 6) is 0.195. The van der Waals surface area contributed by atoms with E-state index in [0.29, 0.717) is 10.7 Å². The van der Waals surface area contributed by atoms with Crippen molar-refractivity contribution in [2.24, 2.45) is 5.10 Å². The van der Waals surface area contributed by atoms with Crippen LogP contribution in [0.3, 0.4) is 0 Å². The summed E-state index contributed by atoms with van der Waals surface area (Å²) < 4.78 is 5.33. The fraction of sp³-hybridized carbons (Fsp3) is 0.467. The molecule has 7 heteroatoms. The Labute approximate surface area is 136 Å². The van der Waals surface area contributed by atoms with Gasteiger partial charge in [0.15, 0.2) is 5.11 Å². The fourth-order valence-corrected chi connectivity index (χ4v) is 2.40. The van der Waals surface area contributed by atoms with Crippen LogP contribution in [0, 0.1) is 0 Å². The first-order valence-electron chi connectivity index (χ1n) is 7.52. The topological polar surface area (TPSA) is 70.3 Å². The van der Waals surface area contributed by atoms with Crippen molar-refractivity contribution in [1.29, 1.82) is 0 Å². The SMILES string of the molecule is Oc1ccccc1/C=N/NC(=S)NCCC[NH+]1CCOCC1. The van der Waals surface area contributed by atoms with Crippen molar-refractivity contribution in [3.8, 4) is 5.75 Å². The van der Waals surface area contributed by atoms with E-state index in [9.17, 15) is 5.11 Å². The summed E-state index contributed by atoms with van der Waals surface area (Å²) in [6.07, 6.45) is 2.60. The Hall–Kier alpha value is -1.70. The summed E-state index contributed by atoms with van der Waals surface area (Å²) in [6.45, 7) is 5.86. The maximum absolute atomic E-state index is 9.59. The standard InChI is InChI=1S/C15H22N4O2S/c20-14-5-2-1-4-13(14)12-17-18-15(22)16-6-3-7-19-8-10-21-11-9-19/h1-2,4-5,12,20H,3,6-11H2,(H2,16,18,22)/p+1/b17-12+. The molecule has 0 aliphatic carbocycles.